The molecular weight excluding hydrogens is 360 g/mol. The topological polar surface area (TPSA) is 66.5 Å². The van der Waals surface area contributed by atoms with Gasteiger partial charge in [0.1, 0.15) is 0 Å². The van der Waals surface area contributed by atoms with Crippen LogP contribution in [0.4, 0.5) is 0 Å². The molecule has 0 saturated carbocycles. The Kier molecular flexibility index (Phi) is 7.28. The fraction of sp³-hybridized carbons (Fsp3) is 0.611. The summed E-state index contributed by atoms with van der Waals surface area (Å²) >= 11 is 5.85. The van der Waals surface area contributed by atoms with Crippen LogP contribution in [0, 0.1) is 5.92 Å². The van der Waals surface area contributed by atoms with E-state index in [4.69, 9.17) is 11.6 Å². The Balaban J connectivity index is 2.01. The lowest BCUT2D eigenvalue weighted by atomic mass is 9.98. The van der Waals surface area contributed by atoms with Gasteiger partial charge in [-0.2, -0.15) is 0 Å². The molecule has 1 heterocycles. The Hall–Kier alpha value is -1.11. The van der Waals surface area contributed by atoms with E-state index in [9.17, 15) is 13.2 Å². The Labute approximate surface area is 155 Å². The van der Waals surface area contributed by atoms with Gasteiger partial charge in [0.15, 0.2) is 0 Å². The van der Waals surface area contributed by atoms with Crippen LogP contribution in [0.2, 0.25) is 5.02 Å². The van der Waals surface area contributed by atoms with Crippen LogP contribution in [-0.2, 0) is 20.6 Å². The van der Waals surface area contributed by atoms with Gasteiger partial charge in [0, 0.05) is 24.2 Å². The number of nitrogens with one attached hydrogen (secondary N) is 1. The minimum absolute atomic E-state index is 0.0277. The number of hydrogen-bond donors (Lipinski definition) is 1. The molecule has 0 spiro atoms. The summed E-state index contributed by atoms with van der Waals surface area (Å²) in [6.45, 7) is 4.82. The number of sulfonamides is 1. The maximum Gasteiger partial charge on any atom is 0.224 e. The summed E-state index contributed by atoms with van der Waals surface area (Å²) in [5.74, 6) is -0.361. The molecule has 1 fully saturated rings. The van der Waals surface area contributed by atoms with Crippen LogP contribution < -0.4 is 5.32 Å². The van der Waals surface area contributed by atoms with Gasteiger partial charge in [-0.1, -0.05) is 37.6 Å². The molecule has 1 N–H and O–H groups in total. The van der Waals surface area contributed by atoms with Gasteiger partial charge in [0.25, 0.3) is 0 Å². The first kappa shape index (κ1) is 20.2. The number of benzene rings is 1. The zero-order valence-electron chi connectivity index (χ0n) is 14.9. The molecule has 1 unspecified atom stereocenters. The quantitative estimate of drug-likeness (QED) is 0.782. The maximum atomic E-state index is 12.7. The number of carbonyl (C=O) groups excluding carboxylic acids is 1. The van der Waals surface area contributed by atoms with Gasteiger partial charge >= 0.3 is 0 Å². The zero-order chi connectivity index (χ0) is 18.4. The van der Waals surface area contributed by atoms with Crippen LogP contribution in [-0.4, -0.2) is 37.8 Å². The lowest BCUT2D eigenvalue weighted by Crippen LogP contribution is -2.47. The monoisotopic (exact) mass is 386 g/mol. The van der Waals surface area contributed by atoms with Crippen LogP contribution in [0.3, 0.4) is 0 Å². The van der Waals surface area contributed by atoms with Gasteiger partial charge in [-0.05, 0) is 43.4 Å². The maximum absolute atomic E-state index is 12.7. The minimum Gasteiger partial charge on any atom is -0.353 e. The normalized spacial score (nSPS) is 19.1. The van der Waals surface area contributed by atoms with E-state index in [-0.39, 0.29) is 30.2 Å². The van der Waals surface area contributed by atoms with Crippen molar-refractivity contribution in [2.75, 3.05) is 13.1 Å². The third kappa shape index (κ3) is 5.69. The van der Waals surface area contributed by atoms with Crippen LogP contribution in [0.15, 0.2) is 24.3 Å². The Morgan fingerprint density at radius 1 is 1.28 bits per heavy atom. The van der Waals surface area contributed by atoms with Gasteiger partial charge < -0.3 is 5.32 Å². The van der Waals surface area contributed by atoms with E-state index in [1.165, 1.54) is 4.31 Å². The number of amides is 1. The molecule has 25 heavy (non-hydrogen) atoms. The van der Waals surface area contributed by atoms with E-state index in [1.54, 1.807) is 24.3 Å². The number of carbonyl (C=O) groups is 1. The van der Waals surface area contributed by atoms with Crippen molar-refractivity contribution in [1.29, 1.82) is 0 Å². The zero-order valence-corrected chi connectivity index (χ0v) is 16.4. The first-order valence-electron chi connectivity index (χ1n) is 8.88. The number of nitrogens with zero attached hydrogens (tertiary/aromatic N) is 1. The van der Waals surface area contributed by atoms with Gasteiger partial charge in [-0.15, -0.1) is 0 Å². The van der Waals surface area contributed by atoms with Crippen molar-refractivity contribution in [3.05, 3.63) is 34.9 Å². The SMILES string of the molecule is CCC(CC)NC(=O)C1CCCN(S(=O)(=O)Cc2ccc(Cl)cc2)C1. The van der Waals surface area contributed by atoms with Crippen molar-refractivity contribution in [3.63, 3.8) is 0 Å². The Morgan fingerprint density at radius 2 is 1.92 bits per heavy atom. The Morgan fingerprint density at radius 3 is 2.52 bits per heavy atom. The van der Waals surface area contributed by atoms with Crippen molar-refractivity contribution in [3.8, 4) is 0 Å². The largest absolute Gasteiger partial charge is 0.353 e. The van der Waals surface area contributed by atoms with Gasteiger partial charge in [-0.25, -0.2) is 12.7 Å². The second kappa shape index (κ2) is 9.01. The summed E-state index contributed by atoms with van der Waals surface area (Å²) < 4.78 is 26.9. The van der Waals surface area contributed by atoms with Gasteiger partial charge in [-0.3, -0.25) is 4.79 Å². The third-order valence-corrected chi connectivity index (χ3v) is 6.81. The first-order chi connectivity index (χ1) is 11.9. The molecule has 1 aliphatic rings. The molecule has 1 atom stereocenters. The molecule has 1 amide bonds. The molecule has 1 aliphatic heterocycles. The molecule has 7 heteroatoms. The Bertz CT molecular complexity index is 672. The van der Waals surface area contributed by atoms with E-state index < -0.39 is 10.0 Å². The lowest BCUT2D eigenvalue weighted by molar-refractivity contribution is -0.126. The second-order valence-electron chi connectivity index (χ2n) is 6.60. The highest BCUT2D eigenvalue weighted by molar-refractivity contribution is 7.88. The second-order valence-corrected chi connectivity index (χ2v) is 9.01. The number of hydrogen-bond acceptors (Lipinski definition) is 3. The molecule has 5 nitrogen and oxygen atoms in total. The van der Waals surface area contributed by atoms with Crippen LogP contribution in [0.1, 0.15) is 45.1 Å². The predicted molar refractivity (Wildman–Crippen MR) is 101 cm³/mol. The standard InChI is InChI=1S/C18H27ClN2O3S/c1-3-17(4-2)20-18(22)15-6-5-11-21(12-15)25(23,24)13-14-7-9-16(19)10-8-14/h7-10,15,17H,3-6,11-13H2,1-2H3,(H,20,22). The summed E-state index contributed by atoms with van der Waals surface area (Å²) in [6.07, 6.45) is 3.21. The molecule has 1 aromatic carbocycles. The van der Waals surface area contributed by atoms with E-state index in [0.717, 1.165) is 19.3 Å². The molecule has 0 aliphatic carbocycles. The van der Waals surface area contributed by atoms with Crippen molar-refractivity contribution in [2.45, 2.75) is 51.3 Å². The summed E-state index contributed by atoms with van der Waals surface area (Å²) in [4.78, 5) is 12.4. The molecule has 0 aromatic heterocycles. The highest BCUT2D eigenvalue weighted by Crippen LogP contribution is 2.22. The van der Waals surface area contributed by atoms with Crippen molar-refractivity contribution < 1.29 is 13.2 Å². The third-order valence-electron chi connectivity index (χ3n) is 4.74. The average molecular weight is 387 g/mol. The van der Waals surface area contributed by atoms with Crippen LogP contribution in [0.25, 0.3) is 0 Å². The molecule has 2 rings (SSSR count). The highest BCUT2D eigenvalue weighted by Gasteiger charge is 2.32. The molecule has 1 aromatic rings. The fourth-order valence-corrected chi connectivity index (χ4v) is 4.84. The van der Waals surface area contributed by atoms with Crippen molar-refractivity contribution in [1.82, 2.24) is 9.62 Å². The average Bonchev–Trinajstić information content (AvgIpc) is 2.61. The van der Waals surface area contributed by atoms with E-state index in [0.29, 0.717) is 23.6 Å². The summed E-state index contributed by atoms with van der Waals surface area (Å²) in [7, 11) is -3.45. The molecular formula is C18H27ClN2O3S. The van der Waals surface area contributed by atoms with Gasteiger partial charge in [0.05, 0.1) is 11.7 Å². The number of rotatable bonds is 7. The molecule has 140 valence electrons. The highest BCUT2D eigenvalue weighted by atomic mass is 35.5. The predicted octanol–water partition coefficient (Wildman–Crippen LogP) is 3.19. The number of halogens is 1. The van der Waals surface area contributed by atoms with E-state index in [2.05, 4.69) is 5.32 Å². The summed E-state index contributed by atoms with van der Waals surface area (Å²) in [5, 5.41) is 3.62. The fourth-order valence-electron chi connectivity index (χ4n) is 3.10. The lowest BCUT2D eigenvalue weighted by Gasteiger charge is -2.32. The first-order valence-corrected chi connectivity index (χ1v) is 10.9. The molecule has 0 radical (unpaired) electrons. The summed E-state index contributed by atoms with van der Waals surface area (Å²) in [6, 6.07) is 6.99. The summed E-state index contributed by atoms with van der Waals surface area (Å²) in [5.41, 5.74) is 0.702. The number of piperidine rings is 1. The van der Waals surface area contributed by atoms with Crippen molar-refractivity contribution >= 4 is 27.5 Å². The van der Waals surface area contributed by atoms with Crippen LogP contribution >= 0.6 is 11.6 Å². The van der Waals surface area contributed by atoms with Crippen molar-refractivity contribution in [2.24, 2.45) is 5.92 Å². The van der Waals surface area contributed by atoms with E-state index >= 15 is 0 Å². The minimum atomic E-state index is -3.45. The van der Waals surface area contributed by atoms with Gasteiger partial charge in [0.2, 0.25) is 15.9 Å². The van der Waals surface area contributed by atoms with E-state index in [1.807, 2.05) is 13.8 Å². The van der Waals surface area contributed by atoms with Crippen LogP contribution in [0.5, 0.6) is 0 Å². The molecule has 0 bridgehead atoms. The smallest absolute Gasteiger partial charge is 0.224 e. The molecule has 1 saturated heterocycles.